The number of carbonyl (C=O) groups is 1. The number of fused-ring (bicyclic) bond motifs is 1. The molecule has 2 aliphatic rings. The monoisotopic (exact) mass is 390 g/mol. The van der Waals surface area contributed by atoms with E-state index in [0.717, 1.165) is 25.3 Å². The summed E-state index contributed by atoms with van der Waals surface area (Å²) in [7, 11) is 0. The van der Waals surface area contributed by atoms with Crippen LogP contribution in [0.1, 0.15) is 32.2 Å². The van der Waals surface area contributed by atoms with Crippen LogP contribution in [0.25, 0.3) is 10.9 Å². The minimum atomic E-state index is -1.60. The Morgan fingerprint density at radius 3 is 2.75 bits per heavy atom. The number of ether oxygens (including phenoxy) is 1. The molecule has 0 amide bonds. The van der Waals surface area contributed by atoms with Crippen LogP contribution in [0.2, 0.25) is 0 Å². The van der Waals surface area contributed by atoms with Gasteiger partial charge in [-0.05, 0) is 37.3 Å². The van der Waals surface area contributed by atoms with Gasteiger partial charge in [0, 0.05) is 19.1 Å². The number of carboxylic acid groups (broad SMARTS) is 1. The maximum atomic E-state index is 15.1. The van der Waals surface area contributed by atoms with E-state index in [-0.39, 0.29) is 34.0 Å². The number of aromatic nitrogens is 1. The van der Waals surface area contributed by atoms with Crippen molar-refractivity contribution in [1.29, 1.82) is 0 Å². The Hall–Kier alpha value is -2.81. The molecule has 9 heteroatoms. The first-order valence-corrected chi connectivity index (χ1v) is 9.27. The highest BCUT2D eigenvalue weighted by Gasteiger charge is 2.36. The highest BCUT2D eigenvalue weighted by Crippen LogP contribution is 2.43. The molecule has 0 spiro atoms. The number of hydrogen-bond acceptors (Lipinski definition) is 6. The number of nitrogens with two attached hydrogens (primary N) is 2. The van der Waals surface area contributed by atoms with Crippen LogP contribution in [0.4, 0.5) is 20.6 Å². The maximum absolute atomic E-state index is 15.1. The fraction of sp³-hybridized carbons (Fsp3) is 0.474. The third kappa shape index (κ3) is 2.95. The zero-order valence-electron chi connectivity index (χ0n) is 15.6. The van der Waals surface area contributed by atoms with Crippen molar-refractivity contribution in [2.24, 2.45) is 11.1 Å². The molecule has 0 radical (unpaired) electrons. The number of hydrogen-bond donors (Lipinski definition) is 3. The summed E-state index contributed by atoms with van der Waals surface area (Å²) in [4.78, 5) is 25.5. The lowest BCUT2D eigenvalue weighted by Gasteiger charge is -2.26. The van der Waals surface area contributed by atoms with Crippen LogP contribution in [0.5, 0.6) is 5.75 Å². The second-order valence-corrected chi connectivity index (χ2v) is 8.03. The zero-order valence-corrected chi connectivity index (χ0v) is 15.6. The normalized spacial score (nSPS) is 22.0. The van der Waals surface area contributed by atoms with Gasteiger partial charge in [-0.2, -0.15) is 0 Å². The van der Waals surface area contributed by atoms with Crippen molar-refractivity contribution in [2.45, 2.75) is 32.2 Å². The molecule has 1 aliphatic carbocycles. The van der Waals surface area contributed by atoms with Crippen LogP contribution in [-0.4, -0.2) is 35.5 Å². The lowest BCUT2D eigenvalue weighted by Crippen LogP contribution is -2.32. The number of benzene rings is 1. The molecule has 2 aromatic rings. The van der Waals surface area contributed by atoms with Gasteiger partial charge in [0.1, 0.15) is 5.82 Å². The van der Waals surface area contributed by atoms with Crippen LogP contribution in [0.3, 0.4) is 0 Å². The zero-order chi connectivity index (χ0) is 20.2. The fourth-order valence-electron chi connectivity index (χ4n) is 3.99. The van der Waals surface area contributed by atoms with Crippen molar-refractivity contribution in [3.8, 4) is 5.75 Å². The smallest absolute Gasteiger partial charge is 0.449 e. The Morgan fingerprint density at radius 1 is 1.46 bits per heavy atom. The van der Waals surface area contributed by atoms with Crippen molar-refractivity contribution in [3.63, 3.8) is 0 Å². The Kier molecular flexibility index (Phi) is 4.22. The summed E-state index contributed by atoms with van der Waals surface area (Å²) in [5.74, 6) is -0.964. The molecule has 1 aromatic heterocycles. The van der Waals surface area contributed by atoms with Gasteiger partial charge in [0.2, 0.25) is 5.43 Å². The van der Waals surface area contributed by atoms with Gasteiger partial charge in [0.05, 0.1) is 28.5 Å². The van der Waals surface area contributed by atoms with Crippen LogP contribution in [0, 0.1) is 11.2 Å². The van der Waals surface area contributed by atoms with E-state index >= 15 is 4.39 Å². The summed E-state index contributed by atoms with van der Waals surface area (Å²) in [6.07, 6.45) is 2.32. The van der Waals surface area contributed by atoms with Crippen LogP contribution in [-0.2, 0) is 0 Å². The molecule has 4 rings (SSSR count). The lowest BCUT2D eigenvalue weighted by molar-refractivity contribution is 0.143. The highest BCUT2D eigenvalue weighted by molar-refractivity contribution is 5.98. The van der Waals surface area contributed by atoms with E-state index in [1.807, 2.05) is 4.90 Å². The molecular weight excluding hydrogens is 367 g/mol. The van der Waals surface area contributed by atoms with E-state index in [1.165, 1.54) is 6.20 Å². The molecule has 5 N–H and O–H groups in total. The molecule has 1 unspecified atom stereocenters. The number of anilines is 2. The van der Waals surface area contributed by atoms with E-state index < -0.39 is 17.4 Å². The quantitative estimate of drug-likeness (QED) is 0.540. The first-order valence-electron chi connectivity index (χ1n) is 9.27. The fourth-order valence-corrected chi connectivity index (χ4v) is 3.99. The minimum absolute atomic E-state index is 0.0187. The van der Waals surface area contributed by atoms with Crippen molar-refractivity contribution in [2.75, 3.05) is 30.3 Å². The standard InChI is InChI=1S/C19H23FN4O4/c1-19(8-21)4-5-23(9-19)16-12(20)6-11-15(14(16)22)24(10-2-3-10)7-13(17(11)25)28-18(26)27/h6-7,10H,2-5,8-9,21-22H2,1H3,(H,26,27). The number of nitrogens with zero attached hydrogens (tertiary/aromatic N) is 2. The van der Waals surface area contributed by atoms with E-state index in [2.05, 4.69) is 11.7 Å². The van der Waals surface area contributed by atoms with Gasteiger partial charge in [-0.1, -0.05) is 6.92 Å². The molecule has 28 heavy (non-hydrogen) atoms. The number of nitrogen functional groups attached to an aromatic ring is 1. The summed E-state index contributed by atoms with van der Waals surface area (Å²) in [5, 5.41) is 8.91. The van der Waals surface area contributed by atoms with Crippen LogP contribution >= 0.6 is 0 Å². The first-order chi connectivity index (χ1) is 13.2. The molecule has 8 nitrogen and oxygen atoms in total. The average molecular weight is 390 g/mol. The summed E-state index contributed by atoms with van der Waals surface area (Å²) in [6.45, 7) is 3.73. The first kappa shape index (κ1) is 18.5. The van der Waals surface area contributed by atoms with Gasteiger partial charge in [-0.25, -0.2) is 9.18 Å². The second kappa shape index (κ2) is 6.37. The van der Waals surface area contributed by atoms with E-state index in [9.17, 15) is 9.59 Å². The second-order valence-electron chi connectivity index (χ2n) is 8.03. The molecule has 1 saturated heterocycles. The van der Waals surface area contributed by atoms with Gasteiger partial charge in [0.15, 0.2) is 5.75 Å². The van der Waals surface area contributed by atoms with Gasteiger partial charge in [-0.3, -0.25) is 4.79 Å². The van der Waals surface area contributed by atoms with E-state index in [4.69, 9.17) is 16.6 Å². The summed E-state index contributed by atoms with van der Waals surface area (Å²) in [6, 6.07) is 1.21. The summed E-state index contributed by atoms with van der Waals surface area (Å²) >= 11 is 0. The Bertz CT molecular complexity index is 1030. The highest BCUT2D eigenvalue weighted by atomic mass is 19.1. The van der Waals surface area contributed by atoms with Crippen molar-refractivity contribution in [1.82, 2.24) is 4.57 Å². The van der Waals surface area contributed by atoms with E-state index in [1.54, 1.807) is 4.57 Å². The molecule has 1 atom stereocenters. The number of halogens is 1. The molecule has 1 aromatic carbocycles. The number of rotatable bonds is 4. The summed E-state index contributed by atoms with van der Waals surface area (Å²) < 4.78 is 21.4. The largest absolute Gasteiger partial charge is 0.511 e. The van der Waals surface area contributed by atoms with Crippen LogP contribution < -0.4 is 26.5 Å². The van der Waals surface area contributed by atoms with Gasteiger partial charge in [-0.15, -0.1) is 0 Å². The predicted molar refractivity (Wildman–Crippen MR) is 103 cm³/mol. The van der Waals surface area contributed by atoms with Crippen molar-refractivity contribution in [3.05, 3.63) is 28.3 Å². The number of pyridine rings is 1. The maximum Gasteiger partial charge on any atom is 0.511 e. The SMILES string of the molecule is CC1(CN)CCN(c2c(F)cc3c(=O)c(OC(=O)O)cn(C4CC4)c3c2N)C1. The summed E-state index contributed by atoms with van der Waals surface area (Å²) in [5.41, 5.74) is 12.3. The van der Waals surface area contributed by atoms with Crippen molar-refractivity contribution >= 4 is 28.4 Å². The molecule has 2 fully saturated rings. The minimum Gasteiger partial charge on any atom is -0.449 e. The molecule has 1 aliphatic heterocycles. The molecule has 0 bridgehead atoms. The van der Waals surface area contributed by atoms with E-state index in [0.29, 0.717) is 25.2 Å². The molecule has 2 heterocycles. The topological polar surface area (TPSA) is 124 Å². The average Bonchev–Trinajstić information content (AvgIpc) is 3.40. The molecule has 150 valence electrons. The van der Waals surface area contributed by atoms with Crippen molar-refractivity contribution < 1.29 is 19.0 Å². The molecule has 1 saturated carbocycles. The Labute approximate surface area is 160 Å². The van der Waals surface area contributed by atoms with Gasteiger partial charge in [0.25, 0.3) is 0 Å². The third-order valence-electron chi connectivity index (χ3n) is 5.75. The lowest BCUT2D eigenvalue weighted by atomic mass is 9.90. The predicted octanol–water partition coefficient (Wildman–Crippen LogP) is 2.29. The van der Waals surface area contributed by atoms with Crippen LogP contribution in [0.15, 0.2) is 17.1 Å². The van der Waals surface area contributed by atoms with Gasteiger partial charge < -0.3 is 30.8 Å². The third-order valence-corrected chi connectivity index (χ3v) is 5.75. The van der Waals surface area contributed by atoms with Gasteiger partial charge >= 0.3 is 6.16 Å². The molecular formula is C19H23FN4O4. The Balaban J connectivity index is 1.92. The Morgan fingerprint density at radius 2 is 2.18 bits per heavy atom.